The number of nitrogens with one attached hydrogen (secondary N) is 1. The lowest BCUT2D eigenvalue weighted by molar-refractivity contribution is -0.131. The van der Waals surface area contributed by atoms with Gasteiger partial charge in [-0.3, -0.25) is 4.79 Å². The first-order chi connectivity index (χ1) is 7.43. The highest BCUT2D eigenvalue weighted by Crippen LogP contribution is 2.17. The third kappa shape index (κ3) is 3.77. The minimum Gasteiger partial charge on any atom is -0.388 e. The Morgan fingerprint density at radius 2 is 1.81 bits per heavy atom. The van der Waals surface area contributed by atoms with Crippen LogP contribution in [0.2, 0.25) is 0 Å². The Hall–Kier alpha value is -1.76. The van der Waals surface area contributed by atoms with Crippen molar-refractivity contribution >= 4 is 22.1 Å². The second kappa shape index (κ2) is 4.84. The zero-order chi connectivity index (χ0) is 12.2. The molecule has 0 aliphatic carbocycles. The number of benzene rings is 1. The van der Waals surface area contributed by atoms with Gasteiger partial charge in [0.2, 0.25) is 0 Å². The molecule has 1 N–H and O–H groups in total. The predicted octanol–water partition coefficient (Wildman–Crippen LogP) is 0.915. The number of rotatable bonds is 4. The largest absolute Gasteiger partial charge is 0.503 e. The summed E-state index contributed by atoms with van der Waals surface area (Å²) in [7, 11) is -2.60. The second-order valence-corrected chi connectivity index (χ2v) is 3.99. The summed E-state index contributed by atoms with van der Waals surface area (Å²) in [5.74, 6) is -0.882. The van der Waals surface area contributed by atoms with Crippen molar-refractivity contribution in [1.29, 1.82) is 0 Å². The molecule has 0 heterocycles. The van der Waals surface area contributed by atoms with Crippen molar-refractivity contribution in [3.8, 4) is 5.75 Å². The fraction of sp³-hybridized carbons (Fsp3) is 0.222. The Bertz CT molecular complexity index is 465. The van der Waals surface area contributed by atoms with E-state index in [1.54, 1.807) is 19.2 Å². The van der Waals surface area contributed by atoms with E-state index in [0.717, 1.165) is 12.6 Å². The van der Waals surface area contributed by atoms with Crippen LogP contribution in [0, 0.1) is 0 Å². The molecule has 1 aromatic carbocycles. The molecule has 0 radical (unpaired) electrons. The van der Waals surface area contributed by atoms with Gasteiger partial charge in [-0.15, -0.1) is 8.42 Å². The molecule has 0 spiro atoms. The molecule has 0 aliphatic rings. The molecule has 0 aliphatic heterocycles. The van der Waals surface area contributed by atoms with Crippen LogP contribution in [0.4, 0.5) is 5.69 Å². The summed E-state index contributed by atoms with van der Waals surface area (Å²) in [6.07, 6.45) is 0. The average molecular weight is 245 g/mol. The van der Waals surface area contributed by atoms with Crippen LogP contribution in [-0.4, -0.2) is 21.4 Å². The molecule has 0 amide bonds. The first kappa shape index (κ1) is 12.3. The van der Waals surface area contributed by atoms with E-state index in [9.17, 15) is 13.2 Å². The summed E-state index contributed by atoms with van der Waals surface area (Å²) in [6, 6.07) is 6.12. The standard InChI is InChI=1S/C9H11NO5S/c1-7(11)14-16(12,13)15-9-5-3-8(10-2)4-6-9/h3-6,10H,1-2H3. The van der Waals surface area contributed by atoms with Gasteiger partial charge in [0.1, 0.15) is 5.75 Å². The highest BCUT2D eigenvalue weighted by molar-refractivity contribution is 7.82. The van der Waals surface area contributed by atoms with Crippen LogP contribution in [0.1, 0.15) is 6.92 Å². The number of hydrogen-bond acceptors (Lipinski definition) is 6. The fourth-order valence-electron chi connectivity index (χ4n) is 0.956. The highest BCUT2D eigenvalue weighted by Gasteiger charge is 2.16. The van der Waals surface area contributed by atoms with Gasteiger partial charge < -0.3 is 13.7 Å². The van der Waals surface area contributed by atoms with E-state index in [1.165, 1.54) is 12.1 Å². The first-order valence-corrected chi connectivity index (χ1v) is 5.68. The lowest BCUT2D eigenvalue weighted by atomic mass is 10.3. The molecule has 0 bridgehead atoms. The zero-order valence-electron chi connectivity index (χ0n) is 8.76. The van der Waals surface area contributed by atoms with E-state index in [1.807, 2.05) is 0 Å². The van der Waals surface area contributed by atoms with Crippen molar-refractivity contribution in [3.63, 3.8) is 0 Å². The van der Waals surface area contributed by atoms with Gasteiger partial charge >= 0.3 is 16.4 Å². The van der Waals surface area contributed by atoms with Crippen molar-refractivity contribution < 1.29 is 21.6 Å². The molecular formula is C9H11NO5S. The van der Waals surface area contributed by atoms with Crippen LogP contribution >= 0.6 is 0 Å². The smallest absolute Gasteiger partial charge is 0.388 e. The van der Waals surface area contributed by atoms with Crippen LogP contribution in [-0.2, 0) is 19.4 Å². The SMILES string of the molecule is CNc1ccc(OS(=O)(=O)OC(C)=O)cc1. The van der Waals surface area contributed by atoms with Gasteiger partial charge in [0, 0.05) is 19.7 Å². The quantitative estimate of drug-likeness (QED) is 0.849. The van der Waals surface area contributed by atoms with Gasteiger partial charge in [-0.05, 0) is 24.3 Å². The van der Waals surface area contributed by atoms with Crippen molar-refractivity contribution in [2.45, 2.75) is 6.92 Å². The van der Waals surface area contributed by atoms with Crippen LogP contribution in [0.25, 0.3) is 0 Å². The van der Waals surface area contributed by atoms with Crippen LogP contribution in [0.5, 0.6) is 5.75 Å². The molecule has 88 valence electrons. The number of anilines is 1. The molecular weight excluding hydrogens is 234 g/mol. The first-order valence-electron chi connectivity index (χ1n) is 4.35. The maximum absolute atomic E-state index is 11.1. The third-order valence-electron chi connectivity index (χ3n) is 1.56. The molecule has 0 saturated heterocycles. The van der Waals surface area contributed by atoms with Crippen molar-refractivity contribution in [1.82, 2.24) is 0 Å². The summed E-state index contributed by atoms with van der Waals surface area (Å²) in [5, 5.41) is 2.86. The molecule has 0 unspecified atom stereocenters. The minimum absolute atomic E-state index is 0.0697. The average Bonchev–Trinajstić information content (AvgIpc) is 2.16. The van der Waals surface area contributed by atoms with E-state index >= 15 is 0 Å². The maximum Gasteiger partial charge on any atom is 0.503 e. The Kier molecular flexibility index (Phi) is 3.73. The monoisotopic (exact) mass is 245 g/mol. The molecule has 1 rings (SSSR count). The Labute approximate surface area is 93.5 Å². The highest BCUT2D eigenvalue weighted by atomic mass is 32.3. The van der Waals surface area contributed by atoms with Gasteiger partial charge in [-0.25, -0.2) is 0 Å². The Balaban J connectivity index is 2.76. The van der Waals surface area contributed by atoms with Crippen LogP contribution < -0.4 is 9.50 Å². The molecule has 0 atom stereocenters. The van der Waals surface area contributed by atoms with Gasteiger partial charge in [0.25, 0.3) is 0 Å². The van der Waals surface area contributed by atoms with Crippen LogP contribution in [0.3, 0.4) is 0 Å². The molecule has 16 heavy (non-hydrogen) atoms. The summed E-state index contributed by atoms with van der Waals surface area (Å²) < 4.78 is 30.7. The zero-order valence-corrected chi connectivity index (χ0v) is 9.58. The van der Waals surface area contributed by atoms with E-state index in [4.69, 9.17) is 0 Å². The third-order valence-corrected chi connectivity index (χ3v) is 2.40. The van der Waals surface area contributed by atoms with Gasteiger partial charge in [0.05, 0.1) is 0 Å². The van der Waals surface area contributed by atoms with E-state index in [2.05, 4.69) is 13.7 Å². The minimum atomic E-state index is -4.32. The van der Waals surface area contributed by atoms with Gasteiger partial charge in [-0.1, -0.05) is 0 Å². The van der Waals surface area contributed by atoms with E-state index < -0.39 is 16.4 Å². The van der Waals surface area contributed by atoms with Gasteiger partial charge in [-0.2, -0.15) is 0 Å². The Morgan fingerprint density at radius 3 is 2.25 bits per heavy atom. The second-order valence-electron chi connectivity index (χ2n) is 2.84. The van der Waals surface area contributed by atoms with E-state index in [0.29, 0.717) is 0 Å². The van der Waals surface area contributed by atoms with Crippen molar-refractivity contribution in [3.05, 3.63) is 24.3 Å². The number of carbonyl (C=O) groups is 1. The fourth-order valence-corrected chi connectivity index (χ4v) is 1.62. The molecule has 7 heteroatoms. The summed E-state index contributed by atoms with van der Waals surface area (Å²) in [6.45, 7) is 0.977. The molecule has 0 saturated carbocycles. The molecule has 6 nitrogen and oxygen atoms in total. The molecule has 0 aromatic heterocycles. The van der Waals surface area contributed by atoms with Crippen LogP contribution in [0.15, 0.2) is 24.3 Å². The number of carbonyl (C=O) groups excluding carboxylic acids is 1. The topological polar surface area (TPSA) is 81.7 Å². The Morgan fingerprint density at radius 1 is 1.25 bits per heavy atom. The predicted molar refractivity (Wildman–Crippen MR) is 57.3 cm³/mol. The van der Waals surface area contributed by atoms with Gasteiger partial charge in [0.15, 0.2) is 0 Å². The van der Waals surface area contributed by atoms with Crippen molar-refractivity contribution in [2.24, 2.45) is 0 Å². The molecule has 1 aromatic rings. The van der Waals surface area contributed by atoms with Crippen molar-refractivity contribution in [2.75, 3.05) is 12.4 Å². The summed E-state index contributed by atoms with van der Waals surface area (Å²) in [5.41, 5.74) is 0.803. The summed E-state index contributed by atoms with van der Waals surface area (Å²) >= 11 is 0. The normalized spacial score (nSPS) is 10.6. The van der Waals surface area contributed by atoms with E-state index in [-0.39, 0.29) is 5.75 Å². The maximum atomic E-state index is 11.1. The lowest BCUT2D eigenvalue weighted by Gasteiger charge is -2.05. The lowest BCUT2D eigenvalue weighted by Crippen LogP contribution is -2.16. The summed E-state index contributed by atoms with van der Waals surface area (Å²) in [4.78, 5) is 10.5. The molecule has 0 fully saturated rings. The number of hydrogen-bond donors (Lipinski definition) is 1.